The van der Waals surface area contributed by atoms with E-state index in [1.165, 1.54) is 18.9 Å². The van der Waals surface area contributed by atoms with Gasteiger partial charge in [0.25, 0.3) is 0 Å². The molecular weight excluding hydrogens is 436 g/mol. The molecule has 3 aromatic rings. The maximum Gasteiger partial charge on any atom is 0.243 e. The van der Waals surface area contributed by atoms with Crippen LogP contribution in [0.3, 0.4) is 0 Å². The smallest absolute Gasteiger partial charge is 0.243 e. The lowest BCUT2D eigenvalue weighted by Gasteiger charge is -2.12. The van der Waals surface area contributed by atoms with Crippen molar-refractivity contribution in [3.8, 4) is 11.4 Å². The van der Waals surface area contributed by atoms with E-state index >= 15 is 0 Å². The zero-order chi connectivity index (χ0) is 22.4. The minimum absolute atomic E-state index is 0.123. The lowest BCUT2D eigenvalue weighted by molar-refractivity contribution is -0.122. The van der Waals surface area contributed by atoms with Gasteiger partial charge in [0.05, 0.1) is 30.8 Å². The third-order valence-electron chi connectivity index (χ3n) is 4.51. The molecule has 9 heteroatoms. The molecule has 0 unspecified atom stereocenters. The first-order valence-corrected chi connectivity index (χ1v) is 10.9. The third kappa shape index (κ3) is 5.80. The van der Waals surface area contributed by atoms with E-state index in [2.05, 4.69) is 15.6 Å². The van der Waals surface area contributed by atoms with Crippen LogP contribution in [0.2, 0.25) is 5.02 Å². The maximum atomic E-state index is 12.2. The van der Waals surface area contributed by atoms with Crippen LogP contribution in [0.1, 0.15) is 11.1 Å². The van der Waals surface area contributed by atoms with Crippen LogP contribution in [-0.4, -0.2) is 40.8 Å². The van der Waals surface area contributed by atoms with Crippen LogP contribution in [0.5, 0.6) is 5.75 Å². The first-order chi connectivity index (χ1) is 14.9. The molecule has 0 bridgehead atoms. The Labute approximate surface area is 190 Å². The average Bonchev–Trinajstić information content (AvgIpc) is 3.21. The van der Waals surface area contributed by atoms with E-state index in [1.807, 2.05) is 54.9 Å². The Morgan fingerprint density at radius 2 is 2.00 bits per heavy atom. The number of benzene rings is 2. The average molecular weight is 459 g/mol. The van der Waals surface area contributed by atoms with Gasteiger partial charge in [-0.25, -0.2) is 4.98 Å². The lowest BCUT2D eigenvalue weighted by atomic mass is 10.2. The minimum atomic E-state index is -0.335. The summed E-state index contributed by atoms with van der Waals surface area (Å²) in [4.78, 5) is 28.8. The number of halogens is 1. The fraction of sp³-hybridized carbons (Fsp3) is 0.227. The van der Waals surface area contributed by atoms with Gasteiger partial charge in [0.15, 0.2) is 5.16 Å². The highest BCUT2D eigenvalue weighted by Gasteiger charge is 2.13. The van der Waals surface area contributed by atoms with Gasteiger partial charge in [-0.3, -0.25) is 14.2 Å². The van der Waals surface area contributed by atoms with Crippen LogP contribution in [0, 0.1) is 13.8 Å². The van der Waals surface area contributed by atoms with Crippen molar-refractivity contribution in [3.05, 3.63) is 64.9 Å². The second-order valence-corrected chi connectivity index (χ2v) is 8.13. The lowest BCUT2D eigenvalue weighted by Crippen LogP contribution is -2.34. The van der Waals surface area contributed by atoms with E-state index in [-0.39, 0.29) is 24.1 Å². The summed E-state index contributed by atoms with van der Waals surface area (Å²) < 4.78 is 7.13. The summed E-state index contributed by atoms with van der Waals surface area (Å²) >= 11 is 7.50. The molecule has 0 aliphatic rings. The van der Waals surface area contributed by atoms with Crippen LogP contribution in [0.4, 0.5) is 5.69 Å². The summed E-state index contributed by atoms with van der Waals surface area (Å²) in [7, 11) is 1.54. The number of carbonyl (C=O) groups is 2. The highest BCUT2D eigenvalue weighted by molar-refractivity contribution is 7.99. The Kier molecular flexibility index (Phi) is 7.59. The van der Waals surface area contributed by atoms with Gasteiger partial charge in [0, 0.05) is 17.4 Å². The second kappa shape index (κ2) is 10.4. The van der Waals surface area contributed by atoms with Crippen molar-refractivity contribution in [2.45, 2.75) is 19.0 Å². The third-order valence-corrected chi connectivity index (χ3v) is 5.89. The van der Waals surface area contributed by atoms with Crippen LogP contribution in [0.25, 0.3) is 5.69 Å². The topological polar surface area (TPSA) is 85.2 Å². The summed E-state index contributed by atoms with van der Waals surface area (Å²) in [6.45, 7) is 3.71. The maximum absolute atomic E-state index is 12.2. The Morgan fingerprint density at radius 3 is 2.77 bits per heavy atom. The molecule has 1 aromatic heterocycles. The van der Waals surface area contributed by atoms with Crippen LogP contribution in [-0.2, 0) is 9.59 Å². The number of thioether (sulfide) groups is 1. The molecule has 0 fully saturated rings. The zero-order valence-corrected chi connectivity index (χ0v) is 19.0. The molecule has 7 nitrogen and oxygen atoms in total. The van der Waals surface area contributed by atoms with E-state index < -0.39 is 0 Å². The van der Waals surface area contributed by atoms with Gasteiger partial charge in [0.1, 0.15) is 5.75 Å². The Hall–Kier alpha value is -2.97. The highest BCUT2D eigenvalue weighted by Crippen LogP contribution is 2.27. The molecular formula is C22H23ClN4O3S. The summed E-state index contributed by atoms with van der Waals surface area (Å²) in [5.41, 5.74) is 3.38. The van der Waals surface area contributed by atoms with E-state index in [0.717, 1.165) is 16.8 Å². The fourth-order valence-corrected chi connectivity index (χ4v) is 3.88. The summed E-state index contributed by atoms with van der Waals surface area (Å²) in [6, 6.07) is 11.1. The summed E-state index contributed by atoms with van der Waals surface area (Å²) in [5.74, 6) is 0.0773. The second-order valence-electron chi connectivity index (χ2n) is 6.78. The molecule has 2 aromatic carbocycles. The van der Waals surface area contributed by atoms with Gasteiger partial charge in [-0.15, -0.1) is 0 Å². The standard InChI is InChI=1S/C22H23ClN4O3S/c1-14-7-8-19(30-3)17(11-14)26-20(28)12-25-21(29)13-31-22-24-9-10-27(22)18-6-4-5-16(23)15(18)2/h4-11H,12-13H2,1-3H3,(H,25,29)(H,26,28). The van der Waals surface area contributed by atoms with Crippen LogP contribution >= 0.6 is 23.4 Å². The van der Waals surface area contributed by atoms with E-state index in [9.17, 15) is 9.59 Å². The zero-order valence-electron chi connectivity index (χ0n) is 17.4. The van der Waals surface area contributed by atoms with Crippen molar-refractivity contribution in [2.24, 2.45) is 0 Å². The van der Waals surface area contributed by atoms with Gasteiger partial charge in [-0.2, -0.15) is 0 Å². The molecule has 0 aliphatic heterocycles. The van der Waals surface area contributed by atoms with Crippen LogP contribution < -0.4 is 15.4 Å². The number of hydrogen-bond donors (Lipinski definition) is 2. The predicted molar refractivity (Wildman–Crippen MR) is 123 cm³/mol. The van der Waals surface area contributed by atoms with Gasteiger partial charge >= 0.3 is 0 Å². The number of anilines is 1. The molecule has 162 valence electrons. The molecule has 0 aliphatic carbocycles. The predicted octanol–water partition coefficient (Wildman–Crippen LogP) is 4.00. The minimum Gasteiger partial charge on any atom is -0.495 e. The van der Waals surface area contributed by atoms with Crippen molar-refractivity contribution in [3.63, 3.8) is 0 Å². The number of aryl methyl sites for hydroxylation is 1. The summed E-state index contributed by atoms with van der Waals surface area (Å²) in [6.07, 6.45) is 3.49. The number of nitrogens with one attached hydrogen (secondary N) is 2. The largest absolute Gasteiger partial charge is 0.495 e. The molecule has 3 rings (SSSR count). The SMILES string of the molecule is COc1ccc(C)cc1NC(=O)CNC(=O)CSc1nccn1-c1cccc(Cl)c1C. The van der Waals surface area contributed by atoms with E-state index in [1.54, 1.807) is 12.3 Å². The molecule has 0 radical (unpaired) electrons. The number of rotatable bonds is 8. The van der Waals surface area contributed by atoms with E-state index in [0.29, 0.717) is 21.6 Å². The molecule has 2 N–H and O–H groups in total. The molecule has 1 heterocycles. The Morgan fingerprint density at radius 1 is 1.19 bits per heavy atom. The quantitative estimate of drug-likeness (QED) is 0.498. The van der Waals surface area contributed by atoms with Gasteiger partial charge in [-0.1, -0.05) is 35.5 Å². The number of amides is 2. The molecule has 0 saturated heterocycles. The van der Waals surface area contributed by atoms with Crippen molar-refractivity contribution < 1.29 is 14.3 Å². The van der Waals surface area contributed by atoms with Crippen molar-refractivity contribution in [1.29, 1.82) is 0 Å². The normalized spacial score (nSPS) is 10.6. The summed E-state index contributed by atoms with van der Waals surface area (Å²) in [5, 5.41) is 6.71. The van der Waals surface area contributed by atoms with E-state index in [4.69, 9.17) is 16.3 Å². The molecule has 0 atom stereocenters. The molecule has 0 spiro atoms. The van der Waals surface area contributed by atoms with Gasteiger partial charge < -0.3 is 15.4 Å². The van der Waals surface area contributed by atoms with Crippen LogP contribution in [0.15, 0.2) is 53.9 Å². The highest BCUT2D eigenvalue weighted by atomic mass is 35.5. The number of nitrogens with zero attached hydrogens (tertiary/aromatic N) is 2. The molecule has 0 saturated carbocycles. The monoisotopic (exact) mass is 458 g/mol. The van der Waals surface area contributed by atoms with Crippen molar-refractivity contribution in [2.75, 3.05) is 24.7 Å². The number of hydrogen-bond acceptors (Lipinski definition) is 5. The number of carbonyl (C=O) groups excluding carboxylic acids is 2. The number of imidazole rings is 1. The molecule has 31 heavy (non-hydrogen) atoms. The number of aromatic nitrogens is 2. The molecule has 2 amide bonds. The Bertz CT molecular complexity index is 1100. The van der Waals surface area contributed by atoms with Gasteiger partial charge in [0.2, 0.25) is 11.8 Å². The number of methoxy groups -OCH3 is 1. The first-order valence-electron chi connectivity index (χ1n) is 9.52. The number of ether oxygens (including phenoxy) is 1. The first kappa shape index (κ1) is 22.7. The van der Waals surface area contributed by atoms with Crippen molar-refractivity contribution in [1.82, 2.24) is 14.9 Å². The fourth-order valence-electron chi connectivity index (χ4n) is 2.91. The Balaban J connectivity index is 1.54. The van der Waals surface area contributed by atoms with Gasteiger partial charge in [-0.05, 0) is 49.2 Å². The van der Waals surface area contributed by atoms with Crippen molar-refractivity contribution >= 4 is 40.9 Å².